The second-order valence-corrected chi connectivity index (χ2v) is 4.37. The van der Waals surface area contributed by atoms with Crippen LogP contribution in [0.3, 0.4) is 0 Å². The minimum atomic E-state index is 0.690. The van der Waals surface area contributed by atoms with Crippen molar-refractivity contribution in [2.24, 2.45) is 7.05 Å². The summed E-state index contributed by atoms with van der Waals surface area (Å²) < 4.78 is 3.78. The molecule has 6 heteroatoms. The number of rotatable bonds is 5. The van der Waals surface area contributed by atoms with E-state index in [0.717, 1.165) is 35.9 Å². The minimum Gasteiger partial charge on any atom is -0.394 e. The molecule has 0 saturated heterocycles. The second kappa shape index (κ2) is 5.12. The van der Waals surface area contributed by atoms with E-state index in [1.165, 1.54) is 0 Å². The van der Waals surface area contributed by atoms with Gasteiger partial charge in [-0.3, -0.25) is 4.68 Å². The van der Waals surface area contributed by atoms with E-state index in [2.05, 4.69) is 22.4 Å². The molecule has 0 aliphatic heterocycles. The van der Waals surface area contributed by atoms with Crippen molar-refractivity contribution in [3.05, 3.63) is 23.7 Å². The zero-order valence-corrected chi connectivity index (χ0v) is 11.1. The fourth-order valence-electron chi connectivity index (χ4n) is 1.90. The van der Waals surface area contributed by atoms with Crippen molar-refractivity contribution in [1.82, 2.24) is 19.6 Å². The van der Waals surface area contributed by atoms with E-state index < -0.39 is 0 Å². The van der Waals surface area contributed by atoms with Gasteiger partial charge < -0.3 is 11.1 Å². The van der Waals surface area contributed by atoms with Crippen molar-refractivity contribution in [3.63, 3.8) is 0 Å². The Morgan fingerprint density at radius 1 is 1.44 bits per heavy atom. The lowest BCUT2D eigenvalue weighted by Gasteiger charge is -2.10. The maximum atomic E-state index is 6.04. The molecule has 98 valence electrons. The Morgan fingerprint density at radius 3 is 2.83 bits per heavy atom. The van der Waals surface area contributed by atoms with Gasteiger partial charge in [-0.1, -0.05) is 6.92 Å². The quantitative estimate of drug-likeness (QED) is 0.841. The molecule has 0 radical (unpaired) electrons. The number of hydrogen-bond donors (Lipinski definition) is 2. The molecule has 6 nitrogen and oxygen atoms in total. The van der Waals surface area contributed by atoms with E-state index >= 15 is 0 Å². The lowest BCUT2D eigenvalue weighted by molar-refractivity contribution is 0.601. The maximum absolute atomic E-state index is 6.04. The second-order valence-electron chi connectivity index (χ2n) is 4.37. The van der Waals surface area contributed by atoms with Crippen molar-refractivity contribution in [2.45, 2.75) is 33.4 Å². The average Bonchev–Trinajstić information content (AvgIpc) is 2.85. The van der Waals surface area contributed by atoms with Crippen LogP contribution in [-0.4, -0.2) is 19.6 Å². The third-order valence-electron chi connectivity index (χ3n) is 2.97. The molecule has 0 aromatic carbocycles. The van der Waals surface area contributed by atoms with Gasteiger partial charge in [-0.25, -0.2) is 4.68 Å². The first-order valence-electron chi connectivity index (χ1n) is 6.17. The van der Waals surface area contributed by atoms with Crippen LogP contribution < -0.4 is 11.1 Å². The molecule has 0 amide bonds. The van der Waals surface area contributed by atoms with Crippen LogP contribution in [0.4, 0.5) is 11.5 Å². The summed E-state index contributed by atoms with van der Waals surface area (Å²) in [7, 11) is 1.93. The monoisotopic (exact) mass is 248 g/mol. The summed E-state index contributed by atoms with van der Waals surface area (Å²) >= 11 is 0. The highest BCUT2D eigenvalue weighted by Gasteiger charge is 2.12. The van der Waals surface area contributed by atoms with Crippen LogP contribution in [0.15, 0.2) is 12.3 Å². The van der Waals surface area contributed by atoms with Crippen LogP contribution in [-0.2, 0) is 20.1 Å². The molecule has 2 rings (SSSR count). The molecule has 0 spiro atoms. The van der Waals surface area contributed by atoms with Crippen LogP contribution >= 0.6 is 0 Å². The van der Waals surface area contributed by atoms with Gasteiger partial charge in [0.15, 0.2) is 0 Å². The fraction of sp³-hybridized carbons (Fsp3) is 0.500. The summed E-state index contributed by atoms with van der Waals surface area (Å²) in [5, 5.41) is 11.9. The summed E-state index contributed by atoms with van der Waals surface area (Å²) in [4.78, 5) is 0. The Kier molecular flexibility index (Phi) is 3.55. The number of aromatic nitrogens is 4. The van der Waals surface area contributed by atoms with Crippen molar-refractivity contribution >= 4 is 11.5 Å². The number of nitrogens with two attached hydrogens (primary N) is 1. The van der Waals surface area contributed by atoms with Crippen LogP contribution in [0.25, 0.3) is 0 Å². The third kappa shape index (κ3) is 2.32. The lowest BCUT2D eigenvalue weighted by atomic mass is 10.3. The molecule has 0 aliphatic carbocycles. The average molecular weight is 248 g/mol. The van der Waals surface area contributed by atoms with Gasteiger partial charge >= 0.3 is 0 Å². The summed E-state index contributed by atoms with van der Waals surface area (Å²) in [6.45, 7) is 5.61. The van der Waals surface area contributed by atoms with Gasteiger partial charge in [-0.2, -0.15) is 10.2 Å². The Balaban J connectivity index is 2.15. The smallest absolute Gasteiger partial charge is 0.148 e. The zero-order chi connectivity index (χ0) is 13.1. The van der Waals surface area contributed by atoms with Crippen molar-refractivity contribution < 1.29 is 0 Å². The molecule has 0 bridgehead atoms. The maximum Gasteiger partial charge on any atom is 0.148 e. The number of nitrogen functional groups attached to an aromatic ring is 1. The molecule has 0 unspecified atom stereocenters. The summed E-state index contributed by atoms with van der Waals surface area (Å²) in [6, 6.07) is 1.98. The van der Waals surface area contributed by atoms with Gasteiger partial charge in [0, 0.05) is 19.8 Å². The van der Waals surface area contributed by atoms with Gasteiger partial charge in [-0.05, 0) is 19.4 Å². The first-order valence-corrected chi connectivity index (χ1v) is 6.17. The number of hydrogen-bond acceptors (Lipinski definition) is 4. The SMILES string of the molecule is CCCn1nc(C)c(N)c1NCc1ccnn1C. The number of nitrogens with zero attached hydrogens (tertiary/aromatic N) is 4. The molecule has 0 atom stereocenters. The fourth-order valence-corrected chi connectivity index (χ4v) is 1.90. The van der Waals surface area contributed by atoms with E-state index in [1.807, 2.05) is 29.4 Å². The normalized spacial score (nSPS) is 10.8. The molecular formula is C12H20N6. The summed E-state index contributed by atoms with van der Waals surface area (Å²) in [5.41, 5.74) is 8.75. The topological polar surface area (TPSA) is 73.7 Å². The first kappa shape index (κ1) is 12.5. The number of nitrogens with one attached hydrogen (secondary N) is 1. The number of anilines is 2. The molecule has 2 heterocycles. The summed E-state index contributed by atoms with van der Waals surface area (Å²) in [5.74, 6) is 0.899. The number of aryl methyl sites for hydroxylation is 3. The first-order chi connectivity index (χ1) is 8.63. The molecule has 0 saturated carbocycles. The van der Waals surface area contributed by atoms with Gasteiger partial charge in [0.1, 0.15) is 5.82 Å². The molecule has 3 N–H and O–H groups in total. The standard InChI is InChI=1S/C12H20N6/c1-4-7-18-12(11(13)9(2)16-18)14-8-10-5-6-15-17(10)3/h5-6,14H,4,7-8,13H2,1-3H3. The van der Waals surface area contributed by atoms with E-state index in [0.29, 0.717) is 6.54 Å². The largest absolute Gasteiger partial charge is 0.394 e. The predicted octanol–water partition coefficient (Wildman–Crippen LogP) is 1.53. The molecule has 2 aromatic heterocycles. The van der Waals surface area contributed by atoms with E-state index in [9.17, 15) is 0 Å². The van der Waals surface area contributed by atoms with Crippen LogP contribution in [0.5, 0.6) is 0 Å². The van der Waals surface area contributed by atoms with Crippen LogP contribution in [0, 0.1) is 6.92 Å². The molecule has 18 heavy (non-hydrogen) atoms. The Labute approximate surface area is 107 Å². The minimum absolute atomic E-state index is 0.690. The van der Waals surface area contributed by atoms with E-state index in [-0.39, 0.29) is 0 Å². The van der Waals surface area contributed by atoms with E-state index in [4.69, 9.17) is 5.73 Å². The Morgan fingerprint density at radius 2 is 2.22 bits per heavy atom. The summed E-state index contributed by atoms with van der Waals surface area (Å²) in [6.07, 6.45) is 2.82. The highest BCUT2D eigenvalue weighted by Crippen LogP contribution is 2.23. The van der Waals surface area contributed by atoms with Gasteiger partial charge in [-0.15, -0.1) is 0 Å². The Bertz CT molecular complexity index is 525. The highest BCUT2D eigenvalue weighted by atomic mass is 15.3. The molecule has 2 aromatic rings. The highest BCUT2D eigenvalue weighted by molar-refractivity contribution is 5.64. The van der Waals surface area contributed by atoms with Gasteiger partial charge in [0.05, 0.1) is 23.6 Å². The van der Waals surface area contributed by atoms with Crippen molar-refractivity contribution in [1.29, 1.82) is 0 Å². The zero-order valence-electron chi connectivity index (χ0n) is 11.1. The lowest BCUT2D eigenvalue weighted by Crippen LogP contribution is -2.11. The Hall–Kier alpha value is -1.98. The van der Waals surface area contributed by atoms with Crippen molar-refractivity contribution in [3.8, 4) is 0 Å². The molecule has 0 aliphatic rings. The predicted molar refractivity (Wildman–Crippen MR) is 72.2 cm³/mol. The molecule has 0 fully saturated rings. The van der Waals surface area contributed by atoms with Crippen molar-refractivity contribution in [2.75, 3.05) is 11.1 Å². The van der Waals surface area contributed by atoms with Crippen LogP contribution in [0.2, 0.25) is 0 Å². The van der Waals surface area contributed by atoms with Gasteiger partial charge in [0.2, 0.25) is 0 Å². The van der Waals surface area contributed by atoms with Gasteiger partial charge in [0.25, 0.3) is 0 Å². The van der Waals surface area contributed by atoms with E-state index in [1.54, 1.807) is 6.20 Å². The van der Waals surface area contributed by atoms with Crippen LogP contribution in [0.1, 0.15) is 24.7 Å². The molecular weight excluding hydrogens is 228 g/mol. The third-order valence-corrected chi connectivity index (χ3v) is 2.97.